The molecule has 0 atom stereocenters. The largest absolute Gasteiger partial charge is 0.573 e. The third-order valence-electron chi connectivity index (χ3n) is 1.59. The van der Waals surface area contributed by atoms with E-state index in [2.05, 4.69) is 19.6 Å². The number of aromatic nitrogens is 1. The Balaban J connectivity index is 3.37. The highest BCUT2D eigenvalue weighted by atomic mass is 32.2. The van der Waals surface area contributed by atoms with Crippen LogP contribution in [0.15, 0.2) is 11.1 Å². The summed E-state index contributed by atoms with van der Waals surface area (Å²) in [4.78, 5) is 3.14. The molecule has 102 valence electrons. The van der Waals surface area contributed by atoms with E-state index in [0.717, 1.165) is 7.11 Å². The van der Waals surface area contributed by atoms with Gasteiger partial charge >= 0.3 is 6.36 Å². The topological polar surface area (TPSA) is 112 Å². The maximum Gasteiger partial charge on any atom is 0.573 e. The van der Waals surface area contributed by atoms with Crippen LogP contribution in [0.2, 0.25) is 0 Å². The number of hydrogen-bond donors (Lipinski definition) is 2. The van der Waals surface area contributed by atoms with Gasteiger partial charge in [0.1, 0.15) is 0 Å². The molecule has 1 heterocycles. The zero-order chi connectivity index (χ0) is 14.1. The van der Waals surface area contributed by atoms with Crippen molar-refractivity contribution >= 4 is 10.0 Å². The van der Waals surface area contributed by atoms with Crippen LogP contribution in [0.1, 0.15) is 0 Å². The molecule has 1 aromatic heterocycles. The van der Waals surface area contributed by atoms with E-state index in [9.17, 15) is 26.7 Å². The molecule has 0 aliphatic carbocycles. The second-order valence-electron chi connectivity index (χ2n) is 2.91. The summed E-state index contributed by atoms with van der Waals surface area (Å²) in [5.41, 5.74) is 0. The lowest BCUT2D eigenvalue weighted by Gasteiger charge is -2.13. The number of sulfonamides is 1. The summed E-state index contributed by atoms with van der Waals surface area (Å²) in [6, 6.07) is 0.388. The number of ether oxygens (including phenoxy) is 2. The van der Waals surface area contributed by atoms with E-state index in [0.29, 0.717) is 6.07 Å². The molecule has 0 bridgehead atoms. The first-order valence-electron chi connectivity index (χ1n) is 4.11. The van der Waals surface area contributed by atoms with E-state index in [1.165, 1.54) is 0 Å². The quantitative estimate of drug-likeness (QED) is 0.829. The predicted molar refractivity (Wildman–Crippen MR) is 50.5 cm³/mol. The number of rotatable bonds is 3. The van der Waals surface area contributed by atoms with Crippen molar-refractivity contribution in [3.63, 3.8) is 0 Å². The first kappa shape index (κ1) is 14.3. The van der Waals surface area contributed by atoms with E-state index >= 15 is 0 Å². The summed E-state index contributed by atoms with van der Waals surface area (Å²) < 4.78 is 65.8. The normalized spacial score (nSPS) is 12.3. The number of primary sulfonamides is 1. The Morgan fingerprint density at radius 1 is 1.44 bits per heavy atom. The molecule has 0 radical (unpaired) electrons. The number of alkyl halides is 3. The number of hydrogen-bond acceptors (Lipinski definition) is 6. The average Bonchev–Trinajstić information content (AvgIpc) is 2.13. The molecule has 3 N–H and O–H groups in total. The van der Waals surface area contributed by atoms with Gasteiger partial charge in [0.05, 0.1) is 7.11 Å². The minimum absolute atomic E-state index is 0.388. The second kappa shape index (κ2) is 4.49. The summed E-state index contributed by atoms with van der Waals surface area (Å²) >= 11 is 0. The van der Waals surface area contributed by atoms with Gasteiger partial charge in [-0.3, -0.25) is 0 Å². The smallest absolute Gasteiger partial charge is 0.505 e. The Kier molecular flexibility index (Phi) is 3.57. The van der Waals surface area contributed by atoms with Crippen LogP contribution in [-0.2, 0) is 10.0 Å². The highest BCUT2D eigenvalue weighted by molar-refractivity contribution is 7.89. The van der Waals surface area contributed by atoms with Crippen LogP contribution in [0.3, 0.4) is 0 Å². The van der Waals surface area contributed by atoms with Crippen LogP contribution in [-0.4, -0.2) is 32.0 Å². The molecule has 0 aliphatic heterocycles. The summed E-state index contributed by atoms with van der Waals surface area (Å²) in [7, 11) is -3.46. The van der Waals surface area contributed by atoms with E-state index in [4.69, 9.17) is 0 Å². The van der Waals surface area contributed by atoms with Crippen molar-refractivity contribution in [2.45, 2.75) is 11.4 Å². The Labute approximate surface area is 99.0 Å². The van der Waals surface area contributed by atoms with Crippen molar-refractivity contribution in [1.29, 1.82) is 0 Å². The Morgan fingerprint density at radius 3 is 2.39 bits per heavy atom. The molecular formula is C7H7F3N2O5S. The van der Waals surface area contributed by atoms with Crippen molar-refractivity contribution in [2.75, 3.05) is 7.11 Å². The van der Waals surface area contributed by atoms with E-state index in [1.54, 1.807) is 0 Å². The Bertz CT molecular complexity index is 557. The van der Waals surface area contributed by atoms with Gasteiger partial charge in [-0.25, -0.2) is 13.6 Å². The summed E-state index contributed by atoms with van der Waals surface area (Å²) in [5, 5.41) is 12.9. The average molecular weight is 288 g/mol. The van der Waals surface area contributed by atoms with Gasteiger partial charge in [-0.2, -0.15) is 4.98 Å². The molecule has 1 aromatic rings. The zero-order valence-electron chi connectivity index (χ0n) is 8.72. The fourth-order valence-corrected chi connectivity index (χ4v) is 1.57. The summed E-state index contributed by atoms with van der Waals surface area (Å²) in [6.07, 6.45) is -5.05. The van der Waals surface area contributed by atoms with Crippen LogP contribution in [0, 0.1) is 0 Å². The number of pyridine rings is 1. The number of methoxy groups -OCH3 is 1. The lowest BCUT2D eigenvalue weighted by atomic mass is 10.4. The monoisotopic (exact) mass is 288 g/mol. The minimum atomic E-state index is -5.05. The fourth-order valence-electron chi connectivity index (χ4n) is 1.01. The summed E-state index contributed by atoms with van der Waals surface area (Å²) in [6.45, 7) is 0. The van der Waals surface area contributed by atoms with Gasteiger partial charge in [0.25, 0.3) is 15.9 Å². The molecular weight excluding hydrogens is 281 g/mol. The lowest BCUT2D eigenvalue weighted by molar-refractivity contribution is -0.275. The first-order valence-corrected chi connectivity index (χ1v) is 5.66. The molecule has 0 aromatic carbocycles. The number of nitrogens with zero attached hydrogens (tertiary/aromatic N) is 1. The van der Waals surface area contributed by atoms with Gasteiger partial charge < -0.3 is 14.6 Å². The highest BCUT2D eigenvalue weighted by Gasteiger charge is 2.34. The van der Waals surface area contributed by atoms with E-state index < -0.39 is 38.8 Å². The Morgan fingerprint density at radius 2 is 2.00 bits per heavy atom. The molecule has 0 aliphatic rings. The molecule has 0 saturated heterocycles. The zero-order valence-corrected chi connectivity index (χ0v) is 9.54. The first-order chi connectivity index (χ1) is 8.04. The van der Waals surface area contributed by atoms with E-state index in [1.807, 2.05) is 0 Å². The van der Waals surface area contributed by atoms with Crippen LogP contribution >= 0.6 is 0 Å². The van der Waals surface area contributed by atoms with E-state index in [-0.39, 0.29) is 0 Å². The maximum absolute atomic E-state index is 12.0. The summed E-state index contributed by atoms with van der Waals surface area (Å²) in [5.74, 6) is -2.86. The molecule has 7 nitrogen and oxygen atoms in total. The van der Waals surface area contributed by atoms with Gasteiger partial charge in [-0.15, -0.1) is 13.2 Å². The maximum atomic E-state index is 12.0. The van der Waals surface area contributed by atoms with Gasteiger partial charge in [0, 0.05) is 6.07 Å². The molecule has 11 heteroatoms. The highest BCUT2D eigenvalue weighted by Crippen LogP contribution is 2.35. The van der Waals surface area contributed by atoms with Crippen molar-refractivity contribution in [3.05, 3.63) is 6.07 Å². The van der Waals surface area contributed by atoms with Gasteiger partial charge in [-0.1, -0.05) is 0 Å². The van der Waals surface area contributed by atoms with Gasteiger partial charge in [-0.05, 0) is 0 Å². The van der Waals surface area contributed by atoms with Crippen molar-refractivity contribution in [2.24, 2.45) is 5.14 Å². The third-order valence-corrected chi connectivity index (χ3v) is 2.43. The standard InChI is InChI=1S/C7H7F3N2O5S/c1-16-5-4(17-7(8,9)10)2-3(13)6(12-5)18(11,14)15/h2,13H,1H3,(H2,11,14,15). The second-order valence-corrected chi connectivity index (χ2v) is 4.39. The van der Waals surface area contributed by atoms with Crippen LogP contribution in [0.25, 0.3) is 0 Å². The minimum Gasteiger partial charge on any atom is -0.505 e. The van der Waals surface area contributed by atoms with Crippen molar-refractivity contribution in [3.8, 4) is 17.4 Å². The molecule has 0 fully saturated rings. The van der Waals surface area contributed by atoms with Crippen molar-refractivity contribution in [1.82, 2.24) is 4.98 Å². The molecule has 18 heavy (non-hydrogen) atoms. The Hall–Kier alpha value is -1.75. The molecule has 0 spiro atoms. The van der Waals surface area contributed by atoms with Crippen LogP contribution in [0.4, 0.5) is 13.2 Å². The third kappa shape index (κ3) is 3.37. The fraction of sp³-hybridized carbons (Fsp3) is 0.286. The molecule has 1 rings (SSSR count). The molecule has 0 unspecified atom stereocenters. The predicted octanol–water partition coefficient (Wildman–Crippen LogP) is 0.342. The van der Waals surface area contributed by atoms with Gasteiger partial charge in [0.2, 0.25) is 5.03 Å². The van der Waals surface area contributed by atoms with Crippen molar-refractivity contribution < 1.29 is 36.2 Å². The van der Waals surface area contributed by atoms with Gasteiger partial charge in [0.15, 0.2) is 11.5 Å². The van der Waals surface area contributed by atoms with Crippen LogP contribution < -0.4 is 14.6 Å². The lowest BCUT2D eigenvalue weighted by Crippen LogP contribution is -2.19. The molecule has 0 saturated carbocycles. The van der Waals surface area contributed by atoms with Crippen LogP contribution in [0.5, 0.6) is 17.4 Å². The number of aromatic hydroxyl groups is 1. The number of nitrogens with two attached hydrogens (primary N) is 1. The molecule has 0 amide bonds. The SMILES string of the molecule is COc1nc(S(N)(=O)=O)c(O)cc1OC(F)(F)F. The number of halogens is 3.